The molecule has 5 nitrogen and oxygen atoms in total. The molecule has 0 aromatic heterocycles. The summed E-state index contributed by atoms with van der Waals surface area (Å²) in [5, 5.41) is 5.16. The van der Waals surface area contributed by atoms with Crippen LogP contribution in [0.25, 0.3) is 0 Å². The number of alkyl halides is 3. The number of carbonyl (C=O) groups is 2. The Hall–Kier alpha value is -3.33. The highest BCUT2D eigenvalue weighted by Crippen LogP contribution is 2.31. The molecule has 0 radical (unpaired) electrons. The van der Waals surface area contributed by atoms with Gasteiger partial charge in [-0.3, -0.25) is 9.59 Å². The van der Waals surface area contributed by atoms with Crippen LogP contribution in [0, 0.1) is 13.8 Å². The Morgan fingerprint density at radius 2 is 1.53 bits per heavy atom. The second-order valence-corrected chi connectivity index (χ2v) is 8.64. The van der Waals surface area contributed by atoms with Crippen molar-refractivity contribution in [3.05, 3.63) is 87.4 Å². The van der Waals surface area contributed by atoms with E-state index in [1.54, 1.807) is 6.92 Å². The van der Waals surface area contributed by atoms with Crippen LogP contribution in [0.5, 0.6) is 5.75 Å². The lowest BCUT2D eigenvalue weighted by atomic mass is 10.1. The predicted molar refractivity (Wildman–Crippen MR) is 128 cm³/mol. The third-order valence-electron chi connectivity index (χ3n) is 4.95. The summed E-state index contributed by atoms with van der Waals surface area (Å²) in [6, 6.07) is 14.2. The zero-order valence-corrected chi connectivity index (χ0v) is 20.2. The number of anilines is 2. The van der Waals surface area contributed by atoms with Crippen LogP contribution < -0.4 is 15.4 Å². The minimum Gasteiger partial charge on any atom is -0.480 e. The molecule has 0 saturated carbocycles. The number of amides is 2. The van der Waals surface area contributed by atoms with E-state index >= 15 is 0 Å². The van der Waals surface area contributed by atoms with Crippen molar-refractivity contribution in [2.45, 2.75) is 33.1 Å². The number of halogens is 4. The molecule has 3 rings (SSSR count). The Morgan fingerprint density at radius 1 is 0.912 bits per heavy atom. The van der Waals surface area contributed by atoms with Gasteiger partial charge >= 0.3 is 6.18 Å². The minimum atomic E-state index is -4.50. The molecule has 178 valence electrons. The first kappa shape index (κ1) is 25.3. The zero-order valence-electron chi connectivity index (χ0n) is 18.6. The first-order chi connectivity index (χ1) is 15.9. The average Bonchev–Trinajstić information content (AvgIpc) is 2.76. The molecule has 1 atom stereocenters. The molecule has 0 bridgehead atoms. The molecular formula is C25H22BrF3N2O3. The van der Waals surface area contributed by atoms with Crippen LogP contribution in [0.4, 0.5) is 24.5 Å². The van der Waals surface area contributed by atoms with E-state index in [1.807, 2.05) is 26.0 Å². The lowest BCUT2D eigenvalue weighted by Gasteiger charge is -2.18. The van der Waals surface area contributed by atoms with Crippen molar-refractivity contribution in [2.24, 2.45) is 0 Å². The maximum atomic E-state index is 12.9. The Morgan fingerprint density at radius 3 is 2.12 bits per heavy atom. The van der Waals surface area contributed by atoms with E-state index in [0.717, 1.165) is 27.7 Å². The molecule has 2 N–H and O–H groups in total. The molecule has 1 unspecified atom stereocenters. The number of hydrogen-bond acceptors (Lipinski definition) is 3. The summed E-state index contributed by atoms with van der Waals surface area (Å²) in [6.45, 7) is 5.41. The van der Waals surface area contributed by atoms with Crippen molar-refractivity contribution < 1.29 is 27.5 Å². The average molecular weight is 535 g/mol. The van der Waals surface area contributed by atoms with Gasteiger partial charge in [0, 0.05) is 21.4 Å². The first-order valence-corrected chi connectivity index (χ1v) is 11.1. The molecule has 0 aliphatic rings. The van der Waals surface area contributed by atoms with Crippen LogP contribution in [0.1, 0.15) is 34.0 Å². The molecule has 3 aromatic rings. The SMILES string of the molecule is Cc1cc(Br)cc(C)c1OC(C)C(=O)Nc1ccc(C(=O)Nc2cccc(C(F)(F)F)c2)cc1. The summed E-state index contributed by atoms with van der Waals surface area (Å²) in [5.74, 6) is -0.314. The maximum absolute atomic E-state index is 12.9. The first-order valence-electron chi connectivity index (χ1n) is 10.3. The Bertz CT molecular complexity index is 1190. The molecule has 0 heterocycles. The smallest absolute Gasteiger partial charge is 0.416 e. The van der Waals surface area contributed by atoms with E-state index in [1.165, 1.54) is 36.4 Å². The maximum Gasteiger partial charge on any atom is 0.416 e. The van der Waals surface area contributed by atoms with Gasteiger partial charge in [0.15, 0.2) is 6.10 Å². The number of hydrogen-bond donors (Lipinski definition) is 2. The molecular weight excluding hydrogens is 513 g/mol. The van der Waals surface area contributed by atoms with Crippen LogP contribution >= 0.6 is 15.9 Å². The second kappa shape index (κ2) is 10.3. The van der Waals surface area contributed by atoms with Gasteiger partial charge in [0.1, 0.15) is 5.75 Å². The van der Waals surface area contributed by atoms with Crippen molar-refractivity contribution in [2.75, 3.05) is 10.6 Å². The molecule has 0 fully saturated rings. The predicted octanol–water partition coefficient (Wildman–Crippen LogP) is 6.74. The molecule has 34 heavy (non-hydrogen) atoms. The summed E-state index contributed by atoms with van der Waals surface area (Å²) in [4.78, 5) is 25.0. The number of benzene rings is 3. The standard InChI is InChI=1S/C25H22BrF3N2O3/c1-14-11-19(26)12-15(2)22(14)34-16(3)23(32)30-20-9-7-17(8-10-20)24(33)31-21-6-4-5-18(13-21)25(27,28)29/h4-13,16H,1-3H3,(H,30,32)(H,31,33). The monoisotopic (exact) mass is 534 g/mol. The number of rotatable bonds is 6. The van der Waals surface area contributed by atoms with Crippen LogP contribution in [0.2, 0.25) is 0 Å². The highest BCUT2D eigenvalue weighted by molar-refractivity contribution is 9.10. The van der Waals surface area contributed by atoms with E-state index in [-0.39, 0.29) is 17.2 Å². The van der Waals surface area contributed by atoms with Gasteiger partial charge in [0.2, 0.25) is 0 Å². The highest BCUT2D eigenvalue weighted by Gasteiger charge is 2.30. The van der Waals surface area contributed by atoms with Crippen molar-refractivity contribution >= 4 is 39.1 Å². The Labute approximate surface area is 203 Å². The van der Waals surface area contributed by atoms with Crippen molar-refractivity contribution in [1.82, 2.24) is 0 Å². The Balaban J connectivity index is 1.62. The van der Waals surface area contributed by atoms with Crippen molar-refractivity contribution in [3.8, 4) is 5.75 Å². The third-order valence-corrected chi connectivity index (χ3v) is 5.41. The van der Waals surface area contributed by atoms with Gasteiger partial charge in [-0.2, -0.15) is 13.2 Å². The van der Waals surface area contributed by atoms with Gasteiger partial charge in [-0.1, -0.05) is 22.0 Å². The molecule has 3 aromatic carbocycles. The fourth-order valence-electron chi connectivity index (χ4n) is 3.24. The van der Waals surface area contributed by atoms with Gasteiger partial charge in [-0.25, -0.2) is 0 Å². The quantitative estimate of drug-likeness (QED) is 0.367. The summed E-state index contributed by atoms with van der Waals surface area (Å²) >= 11 is 3.42. The van der Waals surface area contributed by atoms with E-state index < -0.39 is 23.8 Å². The summed E-state index contributed by atoms with van der Waals surface area (Å²) in [5.41, 5.74) is 1.63. The van der Waals surface area contributed by atoms with Gasteiger partial charge in [-0.15, -0.1) is 0 Å². The molecule has 9 heteroatoms. The number of nitrogens with one attached hydrogen (secondary N) is 2. The molecule has 0 spiro atoms. The van der Waals surface area contributed by atoms with Gasteiger partial charge in [0.05, 0.1) is 5.56 Å². The zero-order chi connectivity index (χ0) is 25.0. The van der Waals surface area contributed by atoms with E-state index in [4.69, 9.17) is 4.74 Å². The lowest BCUT2D eigenvalue weighted by molar-refractivity contribution is -0.137. The van der Waals surface area contributed by atoms with Crippen molar-refractivity contribution in [1.29, 1.82) is 0 Å². The molecule has 0 aliphatic carbocycles. The lowest BCUT2D eigenvalue weighted by Crippen LogP contribution is -2.30. The van der Waals surface area contributed by atoms with E-state index in [0.29, 0.717) is 11.4 Å². The van der Waals surface area contributed by atoms with Gasteiger partial charge in [0.25, 0.3) is 11.8 Å². The normalized spacial score (nSPS) is 12.1. The van der Waals surface area contributed by atoms with E-state index in [9.17, 15) is 22.8 Å². The number of carbonyl (C=O) groups excluding carboxylic acids is 2. The highest BCUT2D eigenvalue weighted by atomic mass is 79.9. The van der Waals surface area contributed by atoms with Gasteiger partial charge < -0.3 is 15.4 Å². The second-order valence-electron chi connectivity index (χ2n) is 7.73. The molecule has 0 aliphatic heterocycles. The van der Waals surface area contributed by atoms with Crippen LogP contribution in [-0.2, 0) is 11.0 Å². The summed E-state index contributed by atoms with van der Waals surface area (Å²) < 4.78 is 45.3. The summed E-state index contributed by atoms with van der Waals surface area (Å²) in [6.07, 6.45) is -5.28. The minimum absolute atomic E-state index is 0.0294. The van der Waals surface area contributed by atoms with E-state index in [2.05, 4.69) is 26.6 Å². The summed E-state index contributed by atoms with van der Waals surface area (Å²) in [7, 11) is 0. The fraction of sp³-hybridized carbons (Fsp3) is 0.200. The molecule has 0 saturated heterocycles. The number of aryl methyl sites for hydroxylation is 2. The topological polar surface area (TPSA) is 67.4 Å². The fourth-order valence-corrected chi connectivity index (χ4v) is 3.93. The van der Waals surface area contributed by atoms with Crippen LogP contribution in [0.15, 0.2) is 65.1 Å². The van der Waals surface area contributed by atoms with Crippen molar-refractivity contribution in [3.63, 3.8) is 0 Å². The van der Waals surface area contributed by atoms with Gasteiger partial charge in [-0.05, 0) is 86.5 Å². The Kier molecular flexibility index (Phi) is 7.66. The number of ether oxygens (including phenoxy) is 1. The molecule has 2 amide bonds. The van der Waals surface area contributed by atoms with Crippen LogP contribution in [-0.4, -0.2) is 17.9 Å². The largest absolute Gasteiger partial charge is 0.480 e. The third kappa shape index (κ3) is 6.38. The van der Waals surface area contributed by atoms with Crippen LogP contribution in [0.3, 0.4) is 0 Å².